The van der Waals surface area contributed by atoms with Crippen molar-refractivity contribution in [1.82, 2.24) is 5.32 Å². The Morgan fingerprint density at radius 1 is 1.14 bits per heavy atom. The van der Waals surface area contributed by atoms with Gasteiger partial charge in [-0.15, -0.1) is 0 Å². The van der Waals surface area contributed by atoms with E-state index in [1.54, 1.807) is 0 Å². The summed E-state index contributed by atoms with van der Waals surface area (Å²) in [6.07, 6.45) is 2.61. The fourth-order valence-electron chi connectivity index (χ4n) is 2.24. The topological polar surface area (TPSA) is 12.0 Å². The molecule has 1 saturated heterocycles. The molecule has 0 saturated carbocycles. The second kappa shape index (κ2) is 3.74. The number of rotatable bonds is 1. The van der Waals surface area contributed by atoms with Gasteiger partial charge in [0.25, 0.3) is 0 Å². The van der Waals surface area contributed by atoms with E-state index in [1.807, 2.05) is 0 Å². The zero-order valence-electron chi connectivity index (χ0n) is 9.35. The number of benzene rings is 1. The molecule has 2 rings (SSSR count). The summed E-state index contributed by atoms with van der Waals surface area (Å²) in [5.74, 6) is 0. The minimum absolute atomic E-state index is 0.605. The monoisotopic (exact) mass is 189 g/mol. The number of aryl methyl sites for hydroxylation is 2. The maximum atomic E-state index is 3.55. The number of hydrogen-bond acceptors (Lipinski definition) is 1. The Labute approximate surface area is 86.5 Å². The first-order chi connectivity index (χ1) is 6.68. The van der Waals surface area contributed by atoms with E-state index in [1.165, 1.54) is 41.6 Å². The molecular weight excluding hydrogens is 170 g/mol. The molecule has 1 unspecified atom stereocenters. The van der Waals surface area contributed by atoms with E-state index in [2.05, 4.69) is 38.2 Å². The van der Waals surface area contributed by atoms with Crippen molar-refractivity contribution in [2.24, 2.45) is 0 Å². The van der Waals surface area contributed by atoms with Gasteiger partial charge in [0, 0.05) is 6.04 Å². The summed E-state index contributed by atoms with van der Waals surface area (Å²) in [6, 6.07) is 5.28. The first kappa shape index (κ1) is 9.72. The molecule has 1 heterocycles. The van der Waals surface area contributed by atoms with Crippen molar-refractivity contribution in [3.05, 3.63) is 34.4 Å². The van der Waals surface area contributed by atoms with Crippen molar-refractivity contribution < 1.29 is 0 Å². The van der Waals surface area contributed by atoms with E-state index in [9.17, 15) is 0 Å². The molecular formula is C13H19N. The average Bonchev–Trinajstić information content (AvgIpc) is 2.66. The van der Waals surface area contributed by atoms with Crippen molar-refractivity contribution in [3.8, 4) is 0 Å². The molecule has 1 fully saturated rings. The lowest BCUT2D eigenvalue weighted by Crippen LogP contribution is -2.13. The molecule has 1 aromatic rings. The lowest BCUT2D eigenvalue weighted by atomic mass is 9.96. The molecule has 0 aliphatic carbocycles. The molecule has 1 nitrogen and oxygen atoms in total. The first-order valence-corrected chi connectivity index (χ1v) is 5.49. The second-order valence-electron chi connectivity index (χ2n) is 4.43. The molecule has 1 aromatic carbocycles. The molecule has 1 N–H and O–H groups in total. The van der Waals surface area contributed by atoms with Gasteiger partial charge in [-0.2, -0.15) is 0 Å². The molecule has 0 aromatic heterocycles. The van der Waals surface area contributed by atoms with Gasteiger partial charge in [-0.1, -0.05) is 12.1 Å². The molecule has 0 bridgehead atoms. The van der Waals surface area contributed by atoms with Crippen LogP contribution in [0.2, 0.25) is 0 Å². The van der Waals surface area contributed by atoms with Crippen LogP contribution >= 0.6 is 0 Å². The van der Waals surface area contributed by atoms with Crippen LogP contribution in [-0.2, 0) is 0 Å². The van der Waals surface area contributed by atoms with Crippen molar-refractivity contribution in [2.75, 3.05) is 6.54 Å². The van der Waals surface area contributed by atoms with Gasteiger partial charge >= 0.3 is 0 Å². The van der Waals surface area contributed by atoms with Gasteiger partial charge in [0.05, 0.1) is 0 Å². The molecule has 1 aliphatic heterocycles. The van der Waals surface area contributed by atoms with E-state index in [-0.39, 0.29) is 0 Å². The van der Waals surface area contributed by atoms with Gasteiger partial charge < -0.3 is 5.32 Å². The fourth-order valence-corrected chi connectivity index (χ4v) is 2.24. The maximum Gasteiger partial charge on any atom is 0.0320 e. The van der Waals surface area contributed by atoms with Crippen molar-refractivity contribution in [3.63, 3.8) is 0 Å². The quantitative estimate of drug-likeness (QED) is 0.716. The summed E-state index contributed by atoms with van der Waals surface area (Å²) in [4.78, 5) is 0. The highest BCUT2D eigenvalue weighted by Gasteiger charge is 2.16. The van der Waals surface area contributed by atoms with Gasteiger partial charge in [-0.3, -0.25) is 0 Å². The Kier molecular flexibility index (Phi) is 2.60. The minimum atomic E-state index is 0.605. The summed E-state index contributed by atoms with van der Waals surface area (Å²) in [5, 5.41) is 3.55. The first-order valence-electron chi connectivity index (χ1n) is 5.49. The molecule has 0 radical (unpaired) electrons. The predicted octanol–water partition coefficient (Wildman–Crippen LogP) is 3.04. The third kappa shape index (κ3) is 1.69. The molecule has 14 heavy (non-hydrogen) atoms. The van der Waals surface area contributed by atoms with Crippen LogP contribution in [0.25, 0.3) is 0 Å². The van der Waals surface area contributed by atoms with Gasteiger partial charge in [0.15, 0.2) is 0 Å². The van der Waals surface area contributed by atoms with E-state index < -0.39 is 0 Å². The van der Waals surface area contributed by atoms with Crippen molar-refractivity contribution in [2.45, 2.75) is 39.7 Å². The Bertz CT molecular complexity index is 312. The van der Waals surface area contributed by atoms with Crippen LogP contribution < -0.4 is 5.32 Å². The highest BCUT2D eigenvalue weighted by molar-refractivity contribution is 5.38. The largest absolute Gasteiger partial charge is 0.310 e. The molecule has 0 amide bonds. The second-order valence-corrected chi connectivity index (χ2v) is 4.43. The van der Waals surface area contributed by atoms with E-state index in [4.69, 9.17) is 0 Å². The summed E-state index contributed by atoms with van der Waals surface area (Å²) in [6.45, 7) is 7.80. The third-order valence-electron chi connectivity index (χ3n) is 3.41. The number of nitrogens with one attached hydrogen (secondary N) is 1. The van der Waals surface area contributed by atoms with Crippen LogP contribution in [0.1, 0.15) is 41.1 Å². The zero-order chi connectivity index (χ0) is 10.1. The van der Waals surface area contributed by atoms with Gasteiger partial charge in [-0.25, -0.2) is 0 Å². The zero-order valence-corrected chi connectivity index (χ0v) is 9.35. The summed E-state index contributed by atoms with van der Waals surface area (Å²) >= 11 is 0. The van der Waals surface area contributed by atoms with Crippen molar-refractivity contribution in [1.29, 1.82) is 0 Å². The Hall–Kier alpha value is -0.820. The van der Waals surface area contributed by atoms with Gasteiger partial charge in [0.2, 0.25) is 0 Å². The molecule has 0 spiro atoms. The minimum Gasteiger partial charge on any atom is -0.310 e. The molecule has 76 valence electrons. The molecule has 1 atom stereocenters. The molecule has 1 heteroatoms. The fraction of sp³-hybridized carbons (Fsp3) is 0.538. The van der Waals surface area contributed by atoms with Crippen LogP contribution in [0.15, 0.2) is 12.1 Å². The van der Waals surface area contributed by atoms with Crippen LogP contribution in [0.3, 0.4) is 0 Å². The van der Waals surface area contributed by atoms with Gasteiger partial charge in [-0.05, 0) is 62.4 Å². The highest BCUT2D eigenvalue weighted by atomic mass is 14.9. The highest BCUT2D eigenvalue weighted by Crippen LogP contribution is 2.26. The van der Waals surface area contributed by atoms with Gasteiger partial charge in [0.1, 0.15) is 0 Å². The third-order valence-corrected chi connectivity index (χ3v) is 3.41. The van der Waals surface area contributed by atoms with E-state index in [0.29, 0.717) is 6.04 Å². The summed E-state index contributed by atoms with van der Waals surface area (Å²) in [7, 11) is 0. The SMILES string of the molecule is Cc1cc(C2CCCN2)cc(C)c1C. The Morgan fingerprint density at radius 2 is 1.79 bits per heavy atom. The van der Waals surface area contributed by atoms with E-state index >= 15 is 0 Å². The van der Waals surface area contributed by atoms with Crippen LogP contribution in [-0.4, -0.2) is 6.54 Å². The summed E-state index contributed by atoms with van der Waals surface area (Å²) in [5.41, 5.74) is 5.76. The van der Waals surface area contributed by atoms with E-state index in [0.717, 1.165) is 0 Å². The van der Waals surface area contributed by atoms with Crippen LogP contribution in [0, 0.1) is 20.8 Å². The summed E-state index contributed by atoms with van der Waals surface area (Å²) < 4.78 is 0. The van der Waals surface area contributed by atoms with Crippen LogP contribution in [0.5, 0.6) is 0 Å². The van der Waals surface area contributed by atoms with Crippen LogP contribution in [0.4, 0.5) is 0 Å². The smallest absolute Gasteiger partial charge is 0.0320 e. The lowest BCUT2D eigenvalue weighted by molar-refractivity contribution is 0.646. The Morgan fingerprint density at radius 3 is 2.29 bits per heavy atom. The average molecular weight is 189 g/mol. The number of hydrogen-bond donors (Lipinski definition) is 1. The molecule has 1 aliphatic rings. The Balaban J connectivity index is 2.34. The lowest BCUT2D eigenvalue weighted by Gasteiger charge is -2.14. The maximum absolute atomic E-state index is 3.55. The standard InChI is InChI=1S/C13H19N/c1-9-7-12(8-10(2)11(9)3)13-5-4-6-14-13/h7-8,13-14H,4-6H2,1-3H3. The normalized spacial score (nSPS) is 21.5. The predicted molar refractivity (Wildman–Crippen MR) is 60.6 cm³/mol. The van der Waals surface area contributed by atoms with Crippen molar-refractivity contribution >= 4 is 0 Å².